The zero-order chi connectivity index (χ0) is 29.6. The molecule has 11 heteroatoms. The number of carbonyl (C=O) groups excluding carboxylic acids is 2. The summed E-state index contributed by atoms with van der Waals surface area (Å²) in [6, 6.07) is 19.0. The van der Waals surface area contributed by atoms with Gasteiger partial charge in [-0.1, -0.05) is 51.0 Å². The summed E-state index contributed by atoms with van der Waals surface area (Å²) in [6.45, 7) is 0.341. The molecule has 1 saturated heterocycles. The van der Waals surface area contributed by atoms with E-state index >= 15 is 0 Å². The van der Waals surface area contributed by atoms with Gasteiger partial charge < -0.3 is 9.72 Å². The van der Waals surface area contributed by atoms with Crippen LogP contribution in [0.3, 0.4) is 0 Å². The van der Waals surface area contributed by atoms with E-state index in [-0.39, 0.29) is 45.6 Å². The van der Waals surface area contributed by atoms with Crippen molar-refractivity contribution in [1.29, 1.82) is 0 Å². The first-order chi connectivity index (χ1) is 20.8. The van der Waals surface area contributed by atoms with Crippen LogP contribution in [0.4, 0.5) is 10.1 Å². The van der Waals surface area contributed by atoms with Crippen LogP contribution in [0.1, 0.15) is 28.3 Å². The van der Waals surface area contributed by atoms with Crippen molar-refractivity contribution in [3.8, 4) is 5.75 Å². The predicted octanol–water partition coefficient (Wildman–Crippen LogP) is 7.25. The van der Waals surface area contributed by atoms with E-state index in [1.54, 1.807) is 11.8 Å². The molecule has 4 aliphatic rings. The standard InChI is InChI=1S/C32H23BrClFN2O4S2/c33-15-3-10-22(41-13-14-1-4-16(34)5-2-14)19(11-15)23-24-20-12-21(27(24)42-29-28(23)43-32(40)36-29)26-25(20)30(38)37(31(26)39)18-8-6-17(35)7-9-18/h1-11,20-21,23-27H,12-13H2,(H,36,40)/t20-,21-,23+,24+,25+,26+,27-/m1/s1. The average Bonchev–Trinajstić information content (AvgIpc) is 3.73. The fourth-order valence-electron chi connectivity index (χ4n) is 7.85. The molecule has 0 unspecified atom stereocenters. The first-order valence-electron chi connectivity index (χ1n) is 14.0. The van der Waals surface area contributed by atoms with E-state index in [0.29, 0.717) is 23.1 Å². The van der Waals surface area contributed by atoms with E-state index < -0.39 is 17.7 Å². The van der Waals surface area contributed by atoms with Crippen LogP contribution < -0.4 is 14.5 Å². The molecule has 6 nitrogen and oxygen atoms in total. The fourth-order valence-corrected chi connectivity index (χ4v) is 11.2. The number of amides is 2. The third kappa shape index (κ3) is 4.35. The summed E-state index contributed by atoms with van der Waals surface area (Å²) in [6.07, 6.45) is 0.775. The number of aromatic nitrogens is 1. The molecular weight excluding hydrogens is 675 g/mol. The lowest BCUT2D eigenvalue weighted by atomic mass is 9.68. The predicted molar refractivity (Wildman–Crippen MR) is 167 cm³/mol. The molecule has 4 aromatic rings. The van der Waals surface area contributed by atoms with Gasteiger partial charge in [-0.15, -0.1) is 11.8 Å². The van der Waals surface area contributed by atoms with Gasteiger partial charge in [0.25, 0.3) is 0 Å². The number of imide groups is 1. The second-order valence-electron chi connectivity index (χ2n) is 11.5. The average molecular weight is 698 g/mol. The Bertz CT molecular complexity index is 1850. The molecule has 43 heavy (non-hydrogen) atoms. The maximum atomic E-state index is 14.0. The highest BCUT2D eigenvalue weighted by molar-refractivity contribution is 9.10. The summed E-state index contributed by atoms with van der Waals surface area (Å²) in [5.41, 5.74) is 2.33. The summed E-state index contributed by atoms with van der Waals surface area (Å²) in [5, 5.41) is 1.53. The second-order valence-corrected chi connectivity index (χ2v) is 15.1. The minimum atomic E-state index is -0.449. The van der Waals surface area contributed by atoms with Crippen LogP contribution in [-0.2, 0) is 16.2 Å². The van der Waals surface area contributed by atoms with E-state index in [1.807, 2.05) is 36.4 Å². The van der Waals surface area contributed by atoms with Gasteiger partial charge in [-0.05, 0) is 84.3 Å². The molecule has 2 aliphatic carbocycles. The normalized spacial score (nSPS) is 28.6. The number of carbonyl (C=O) groups is 2. The molecule has 3 aromatic carbocycles. The first-order valence-corrected chi connectivity index (χ1v) is 16.8. The molecule has 7 atom stereocenters. The highest BCUT2D eigenvalue weighted by Crippen LogP contribution is 2.69. The van der Waals surface area contributed by atoms with Gasteiger partial charge in [0.2, 0.25) is 11.8 Å². The van der Waals surface area contributed by atoms with Crippen LogP contribution in [-0.4, -0.2) is 22.0 Å². The minimum Gasteiger partial charge on any atom is -0.489 e. The van der Waals surface area contributed by atoms with Crippen LogP contribution in [0.5, 0.6) is 5.75 Å². The summed E-state index contributed by atoms with van der Waals surface area (Å²) in [5.74, 6) is -1.24. The molecule has 0 radical (unpaired) electrons. The number of fused-ring (bicyclic) bond motifs is 9. The molecule has 218 valence electrons. The Hall–Kier alpha value is -2.92. The van der Waals surface area contributed by atoms with Gasteiger partial charge in [-0.25, -0.2) is 4.39 Å². The Morgan fingerprint density at radius 1 is 0.977 bits per heavy atom. The maximum Gasteiger partial charge on any atom is 0.305 e. The van der Waals surface area contributed by atoms with E-state index in [9.17, 15) is 18.8 Å². The number of hydrogen-bond acceptors (Lipinski definition) is 6. The first kappa shape index (κ1) is 27.6. The van der Waals surface area contributed by atoms with Crippen molar-refractivity contribution in [1.82, 2.24) is 4.98 Å². The second kappa shape index (κ2) is 10.3. The summed E-state index contributed by atoms with van der Waals surface area (Å²) < 4.78 is 21.0. The van der Waals surface area contributed by atoms with Crippen molar-refractivity contribution in [3.63, 3.8) is 0 Å². The number of nitrogens with one attached hydrogen (secondary N) is 1. The quantitative estimate of drug-likeness (QED) is 0.223. The fraction of sp³-hybridized carbons (Fsp3) is 0.281. The number of nitrogens with zero attached hydrogens (tertiary/aromatic N) is 1. The van der Waals surface area contributed by atoms with Crippen molar-refractivity contribution in [3.05, 3.63) is 108 Å². The van der Waals surface area contributed by atoms with Gasteiger partial charge in [0.15, 0.2) is 0 Å². The lowest BCUT2D eigenvalue weighted by Crippen LogP contribution is -2.42. The molecule has 2 bridgehead atoms. The molecule has 1 aromatic heterocycles. The van der Waals surface area contributed by atoms with Gasteiger partial charge >= 0.3 is 4.87 Å². The van der Waals surface area contributed by atoms with Gasteiger partial charge in [-0.2, -0.15) is 0 Å². The number of thioether (sulfide) groups is 1. The van der Waals surface area contributed by atoms with Crippen LogP contribution in [0.2, 0.25) is 5.02 Å². The van der Waals surface area contributed by atoms with E-state index in [0.717, 1.165) is 31.9 Å². The third-order valence-corrected chi connectivity index (χ3v) is 12.8. The van der Waals surface area contributed by atoms with Crippen molar-refractivity contribution in [2.24, 2.45) is 29.6 Å². The van der Waals surface area contributed by atoms with Crippen LogP contribution >= 0.6 is 50.6 Å². The zero-order valence-electron chi connectivity index (χ0n) is 22.3. The monoisotopic (exact) mass is 696 g/mol. The third-order valence-electron chi connectivity index (χ3n) is 9.42. The Labute approximate surface area is 267 Å². The Morgan fingerprint density at radius 2 is 1.70 bits per heavy atom. The van der Waals surface area contributed by atoms with Gasteiger partial charge in [0.1, 0.15) is 18.2 Å². The number of rotatable bonds is 5. The lowest BCUT2D eigenvalue weighted by Gasteiger charge is -2.43. The molecule has 8 rings (SSSR count). The van der Waals surface area contributed by atoms with E-state index in [4.69, 9.17) is 16.3 Å². The van der Waals surface area contributed by atoms with Crippen molar-refractivity contribution < 1.29 is 18.7 Å². The Morgan fingerprint density at radius 3 is 2.44 bits per heavy atom. The van der Waals surface area contributed by atoms with Crippen molar-refractivity contribution >= 4 is 68.1 Å². The number of H-pyrrole nitrogens is 1. The number of ether oxygens (including phenoxy) is 1. The molecule has 3 fully saturated rings. The maximum absolute atomic E-state index is 14.0. The SMILES string of the molecule is O=C1[C@H]2[C@H]3C[C@@H]([C@@H]2C(=O)N1c1ccc(F)cc1)[C@H]1[C@H](c2cc(Br)ccc2OCc2ccc(Cl)cc2)c2sc(=O)[nH]c2S[C@H]31. The lowest BCUT2D eigenvalue weighted by molar-refractivity contribution is -0.123. The number of thiazole rings is 1. The molecule has 2 aliphatic heterocycles. The topological polar surface area (TPSA) is 79.5 Å². The van der Waals surface area contributed by atoms with E-state index in [2.05, 4.69) is 27.0 Å². The van der Waals surface area contributed by atoms with Gasteiger partial charge in [0, 0.05) is 31.1 Å². The largest absolute Gasteiger partial charge is 0.489 e. The molecule has 2 amide bonds. The summed E-state index contributed by atoms with van der Waals surface area (Å²) in [7, 11) is 0. The molecule has 1 N–H and O–H groups in total. The number of anilines is 1. The van der Waals surface area contributed by atoms with Crippen LogP contribution in [0, 0.1) is 35.4 Å². The molecular formula is C32H23BrClFN2O4S2. The number of halogens is 3. The van der Waals surface area contributed by atoms with Crippen molar-refractivity contribution in [2.45, 2.75) is 29.2 Å². The molecule has 0 spiro atoms. The smallest absolute Gasteiger partial charge is 0.305 e. The van der Waals surface area contributed by atoms with Crippen LogP contribution in [0.25, 0.3) is 0 Å². The molecule has 3 heterocycles. The van der Waals surface area contributed by atoms with E-state index in [1.165, 1.54) is 40.5 Å². The minimum absolute atomic E-state index is 0.0171. The number of hydrogen-bond donors (Lipinski definition) is 1. The van der Waals surface area contributed by atoms with Gasteiger partial charge in [0.05, 0.1) is 22.5 Å². The van der Waals surface area contributed by atoms with Crippen molar-refractivity contribution in [2.75, 3.05) is 4.90 Å². The summed E-state index contributed by atoms with van der Waals surface area (Å²) in [4.78, 5) is 45.6. The highest BCUT2D eigenvalue weighted by atomic mass is 79.9. The summed E-state index contributed by atoms with van der Waals surface area (Å²) >= 11 is 12.6. The number of aromatic amines is 1. The molecule has 2 saturated carbocycles. The van der Waals surface area contributed by atoms with Gasteiger partial charge in [-0.3, -0.25) is 19.3 Å². The number of benzene rings is 3. The highest BCUT2D eigenvalue weighted by Gasteiger charge is 2.69. The zero-order valence-corrected chi connectivity index (χ0v) is 26.3. The Balaban J connectivity index is 1.20. The Kier molecular flexibility index (Phi) is 6.63. The van der Waals surface area contributed by atoms with Crippen LogP contribution in [0.15, 0.2) is 81.0 Å².